The lowest BCUT2D eigenvalue weighted by Gasteiger charge is -2.12. The fourth-order valence-electron chi connectivity index (χ4n) is 1.43. The van der Waals surface area contributed by atoms with E-state index in [2.05, 4.69) is 30.5 Å². The van der Waals surface area contributed by atoms with Crippen LogP contribution in [0.5, 0.6) is 5.88 Å². The number of hydrogen-bond donors (Lipinski definition) is 2. The van der Waals surface area contributed by atoms with E-state index in [1.54, 1.807) is 13.2 Å². The monoisotopic (exact) mass is 234 g/mol. The van der Waals surface area contributed by atoms with Crippen molar-refractivity contribution >= 4 is 5.82 Å². The van der Waals surface area contributed by atoms with Gasteiger partial charge in [-0.1, -0.05) is 0 Å². The van der Waals surface area contributed by atoms with Crippen molar-refractivity contribution in [2.45, 2.75) is 19.9 Å². The molecule has 2 N–H and O–H groups in total. The minimum Gasteiger partial charge on any atom is -0.481 e. The van der Waals surface area contributed by atoms with E-state index in [4.69, 9.17) is 4.74 Å². The molecule has 0 fully saturated rings. The van der Waals surface area contributed by atoms with Gasteiger partial charge in [0.25, 0.3) is 0 Å². The van der Waals surface area contributed by atoms with Gasteiger partial charge in [0.1, 0.15) is 23.8 Å². The van der Waals surface area contributed by atoms with Crippen molar-refractivity contribution in [1.29, 1.82) is 0 Å². The maximum absolute atomic E-state index is 5.08. The summed E-state index contributed by atoms with van der Waals surface area (Å²) in [5.41, 5.74) is 0. The van der Waals surface area contributed by atoms with E-state index in [-0.39, 0.29) is 6.04 Å². The van der Waals surface area contributed by atoms with Gasteiger partial charge in [-0.2, -0.15) is 10.1 Å². The second-order valence-corrected chi connectivity index (χ2v) is 3.58. The Labute approximate surface area is 98.7 Å². The normalized spacial score (nSPS) is 12.2. The largest absolute Gasteiger partial charge is 0.481 e. The molecule has 0 bridgehead atoms. The fraction of sp³-hybridized carbons (Fsp3) is 0.400. The molecule has 1 unspecified atom stereocenters. The van der Waals surface area contributed by atoms with Crippen LogP contribution in [0.15, 0.2) is 12.4 Å². The Bertz CT molecular complexity index is 484. The molecule has 2 aromatic heterocycles. The third-order valence-corrected chi connectivity index (χ3v) is 2.23. The van der Waals surface area contributed by atoms with Crippen LogP contribution in [0.2, 0.25) is 0 Å². The molecular weight excluding hydrogens is 220 g/mol. The van der Waals surface area contributed by atoms with Gasteiger partial charge in [0, 0.05) is 6.07 Å². The van der Waals surface area contributed by atoms with Gasteiger partial charge >= 0.3 is 0 Å². The summed E-state index contributed by atoms with van der Waals surface area (Å²) < 4.78 is 5.08. The van der Waals surface area contributed by atoms with Gasteiger partial charge in [0.05, 0.1) is 13.2 Å². The summed E-state index contributed by atoms with van der Waals surface area (Å²) in [6, 6.07) is 1.72. The Morgan fingerprint density at radius 3 is 2.88 bits per heavy atom. The van der Waals surface area contributed by atoms with Crippen LogP contribution < -0.4 is 10.1 Å². The Balaban J connectivity index is 2.15. The number of anilines is 1. The van der Waals surface area contributed by atoms with E-state index in [1.165, 1.54) is 6.33 Å². The third-order valence-electron chi connectivity index (χ3n) is 2.23. The molecule has 0 aliphatic rings. The highest BCUT2D eigenvalue weighted by molar-refractivity contribution is 5.39. The zero-order chi connectivity index (χ0) is 12.3. The molecule has 1 atom stereocenters. The molecule has 17 heavy (non-hydrogen) atoms. The number of nitrogens with one attached hydrogen (secondary N) is 2. The maximum atomic E-state index is 5.08. The minimum absolute atomic E-state index is 0.0171. The van der Waals surface area contributed by atoms with Gasteiger partial charge in [-0.3, -0.25) is 5.10 Å². The SMILES string of the molecule is COc1cc(NC(C)c2ncn[nH]2)nc(C)n1. The van der Waals surface area contributed by atoms with E-state index >= 15 is 0 Å². The van der Waals surface area contributed by atoms with Crippen LogP contribution in [0.25, 0.3) is 0 Å². The summed E-state index contributed by atoms with van der Waals surface area (Å²) >= 11 is 0. The average Bonchev–Trinajstić information content (AvgIpc) is 2.81. The molecule has 2 rings (SSSR count). The average molecular weight is 234 g/mol. The van der Waals surface area contributed by atoms with Crippen LogP contribution in [0.1, 0.15) is 24.6 Å². The fourth-order valence-corrected chi connectivity index (χ4v) is 1.43. The number of hydrogen-bond acceptors (Lipinski definition) is 6. The predicted octanol–water partition coefficient (Wildman–Crippen LogP) is 1.08. The molecular formula is C10H14N6O. The van der Waals surface area contributed by atoms with Gasteiger partial charge in [0.15, 0.2) is 0 Å². The lowest BCUT2D eigenvalue weighted by molar-refractivity contribution is 0.396. The molecule has 2 aromatic rings. The second kappa shape index (κ2) is 4.77. The Hall–Kier alpha value is -2.18. The number of rotatable bonds is 4. The first kappa shape index (κ1) is 11.3. The van der Waals surface area contributed by atoms with E-state index in [9.17, 15) is 0 Å². The van der Waals surface area contributed by atoms with Crippen LogP contribution >= 0.6 is 0 Å². The van der Waals surface area contributed by atoms with Gasteiger partial charge in [-0.05, 0) is 13.8 Å². The molecule has 0 aromatic carbocycles. The molecule has 7 nitrogen and oxygen atoms in total. The first-order valence-corrected chi connectivity index (χ1v) is 5.20. The van der Waals surface area contributed by atoms with Gasteiger partial charge in [0.2, 0.25) is 5.88 Å². The number of methoxy groups -OCH3 is 1. The van der Waals surface area contributed by atoms with Gasteiger partial charge in [-0.15, -0.1) is 0 Å². The first-order chi connectivity index (χ1) is 8.19. The number of aromatic amines is 1. The molecule has 0 radical (unpaired) electrons. The van der Waals surface area contributed by atoms with E-state index in [0.717, 1.165) is 5.82 Å². The number of aromatic nitrogens is 5. The number of aryl methyl sites for hydroxylation is 1. The molecule has 0 spiro atoms. The summed E-state index contributed by atoms with van der Waals surface area (Å²) in [6.45, 7) is 3.78. The minimum atomic E-state index is -0.0171. The molecule has 2 heterocycles. The van der Waals surface area contributed by atoms with Crippen LogP contribution in [0.3, 0.4) is 0 Å². The zero-order valence-electron chi connectivity index (χ0n) is 9.93. The molecule has 0 saturated heterocycles. The highest BCUT2D eigenvalue weighted by Crippen LogP contribution is 2.17. The summed E-state index contributed by atoms with van der Waals surface area (Å²) in [5.74, 6) is 2.62. The van der Waals surface area contributed by atoms with E-state index < -0.39 is 0 Å². The van der Waals surface area contributed by atoms with Crippen molar-refractivity contribution in [3.8, 4) is 5.88 Å². The number of H-pyrrole nitrogens is 1. The molecule has 0 saturated carbocycles. The number of nitrogens with zero attached hydrogens (tertiary/aromatic N) is 4. The highest BCUT2D eigenvalue weighted by atomic mass is 16.5. The smallest absolute Gasteiger partial charge is 0.218 e. The highest BCUT2D eigenvalue weighted by Gasteiger charge is 2.10. The van der Waals surface area contributed by atoms with Crippen molar-refractivity contribution in [2.75, 3.05) is 12.4 Å². The topological polar surface area (TPSA) is 88.6 Å². The summed E-state index contributed by atoms with van der Waals surface area (Å²) in [6.07, 6.45) is 1.47. The maximum Gasteiger partial charge on any atom is 0.218 e. The van der Waals surface area contributed by atoms with Crippen LogP contribution in [-0.4, -0.2) is 32.3 Å². The summed E-state index contributed by atoms with van der Waals surface area (Å²) in [5, 5.41) is 9.80. The van der Waals surface area contributed by atoms with Gasteiger partial charge < -0.3 is 10.1 Å². The van der Waals surface area contributed by atoms with Crippen molar-refractivity contribution in [3.63, 3.8) is 0 Å². The number of ether oxygens (including phenoxy) is 1. The summed E-state index contributed by atoms with van der Waals surface area (Å²) in [7, 11) is 1.57. The lowest BCUT2D eigenvalue weighted by Crippen LogP contribution is -2.10. The Morgan fingerprint density at radius 1 is 1.41 bits per heavy atom. The van der Waals surface area contributed by atoms with Crippen LogP contribution in [0.4, 0.5) is 5.82 Å². The molecule has 0 amide bonds. The quantitative estimate of drug-likeness (QED) is 0.823. The zero-order valence-corrected chi connectivity index (χ0v) is 9.93. The molecule has 7 heteroatoms. The second-order valence-electron chi connectivity index (χ2n) is 3.58. The van der Waals surface area contributed by atoms with Crippen molar-refractivity contribution in [2.24, 2.45) is 0 Å². The lowest BCUT2D eigenvalue weighted by atomic mass is 10.3. The van der Waals surface area contributed by atoms with Crippen LogP contribution in [-0.2, 0) is 0 Å². The third kappa shape index (κ3) is 2.68. The summed E-state index contributed by atoms with van der Waals surface area (Å²) in [4.78, 5) is 12.5. The van der Waals surface area contributed by atoms with Crippen LogP contribution in [0, 0.1) is 6.92 Å². The van der Waals surface area contributed by atoms with Crippen molar-refractivity contribution in [3.05, 3.63) is 24.0 Å². The van der Waals surface area contributed by atoms with E-state index in [0.29, 0.717) is 17.5 Å². The van der Waals surface area contributed by atoms with Crippen molar-refractivity contribution < 1.29 is 4.74 Å². The standard InChI is InChI=1S/C10H14N6O/c1-6(10-11-5-12-16-10)13-8-4-9(17-3)15-7(2)14-8/h4-6H,1-3H3,(H,11,12,16)(H,13,14,15). The van der Waals surface area contributed by atoms with Crippen molar-refractivity contribution in [1.82, 2.24) is 25.1 Å². The molecule has 90 valence electrons. The molecule has 0 aliphatic carbocycles. The first-order valence-electron chi connectivity index (χ1n) is 5.20. The molecule has 0 aliphatic heterocycles. The van der Waals surface area contributed by atoms with E-state index in [1.807, 2.05) is 13.8 Å². The predicted molar refractivity (Wildman–Crippen MR) is 61.7 cm³/mol. The Kier molecular flexibility index (Phi) is 3.17. The van der Waals surface area contributed by atoms with Gasteiger partial charge in [-0.25, -0.2) is 9.97 Å². The Morgan fingerprint density at radius 2 is 2.24 bits per heavy atom.